The van der Waals surface area contributed by atoms with E-state index in [1.165, 1.54) is 5.06 Å². The van der Waals surface area contributed by atoms with E-state index in [-0.39, 0.29) is 24.0 Å². The molecule has 0 bridgehead atoms. The maximum absolute atomic E-state index is 11.5. The quantitative estimate of drug-likeness (QED) is 0.514. The molecule has 21 heavy (non-hydrogen) atoms. The Morgan fingerprint density at radius 2 is 1.90 bits per heavy atom. The molecule has 1 aromatic heterocycles. The van der Waals surface area contributed by atoms with Crippen molar-refractivity contribution in [2.45, 2.75) is 57.7 Å². The number of ketones is 1. The first-order valence-electron chi connectivity index (χ1n) is 6.65. The molecule has 0 spiro atoms. The molecule has 0 amide bonds. The first-order valence-corrected chi connectivity index (χ1v) is 7.38. The average molecular weight is 313 g/mol. The van der Waals surface area contributed by atoms with Gasteiger partial charge in [-0.3, -0.25) is 9.59 Å². The van der Waals surface area contributed by atoms with Crippen molar-refractivity contribution < 1.29 is 19.5 Å². The fourth-order valence-corrected chi connectivity index (χ4v) is 3.38. The minimum atomic E-state index is -0.739. The van der Waals surface area contributed by atoms with Crippen molar-refractivity contribution in [3.63, 3.8) is 0 Å². The molecule has 1 saturated heterocycles. The Kier molecular flexibility index (Phi) is 4.14. The molecule has 0 aromatic carbocycles. The van der Waals surface area contributed by atoms with Crippen LogP contribution in [0.2, 0.25) is 0 Å². The highest BCUT2D eigenvalue weighted by molar-refractivity contribution is 6.99. The molecular weight excluding hydrogens is 294 g/mol. The Balaban J connectivity index is 2.19. The highest BCUT2D eigenvalue weighted by Gasteiger charge is 2.46. The van der Waals surface area contributed by atoms with Crippen molar-refractivity contribution >= 4 is 23.8 Å². The van der Waals surface area contributed by atoms with Crippen LogP contribution in [-0.2, 0) is 4.79 Å². The van der Waals surface area contributed by atoms with Gasteiger partial charge in [-0.1, -0.05) is 0 Å². The fraction of sp³-hybridized carbons (Fsp3) is 0.692. The number of aromatic nitrogens is 2. The molecule has 1 aliphatic rings. The van der Waals surface area contributed by atoms with Crippen molar-refractivity contribution in [3.8, 4) is 5.88 Å². The van der Waals surface area contributed by atoms with E-state index < -0.39 is 16.9 Å². The van der Waals surface area contributed by atoms with E-state index in [4.69, 9.17) is 4.74 Å². The predicted molar refractivity (Wildman–Crippen MR) is 75.7 cm³/mol. The van der Waals surface area contributed by atoms with Crippen LogP contribution in [0, 0.1) is 0 Å². The summed E-state index contributed by atoms with van der Waals surface area (Å²) in [6.07, 6.45) is 1.12. The Labute approximate surface area is 127 Å². The van der Waals surface area contributed by atoms with Crippen molar-refractivity contribution in [1.82, 2.24) is 13.8 Å². The number of rotatable bonds is 4. The summed E-state index contributed by atoms with van der Waals surface area (Å²) in [6.45, 7) is 7.67. The van der Waals surface area contributed by atoms with Crippen LogP contribution in [0.25, 0.3) is 0 Å². The number of carbonyl (C=O) groups excluding carboxylic acids is 2. The summed E-state index contributed by atoms with van der Waals surface area (Å²) in [5.74, 6) is -0.642. The highest BCUT2D eigenvalue weighted by atomic mass is 32.1. The molecule has 1 N–H and O–H groups in total. The van der Waals surface area contributed by atoms with Crippen molar-refractivity contribution in [2.75, 3.05) is 0 Å². The SMILES string of the molecule is CC1(C)CC(Oc2nsnc2C(=O)C=O)CC(C)(C)N1O. The van der Waals surface area contributed by atoms with Gasteiger partial charge in [-0.05, 0) is 27.7 Å². The van der Waals surface area contributed by atoms with Gasteiger partial charge in [0.15, 0.2) is 12.0 Å². The van der Waals surface area contributed by atoms with E-state index in [2.05, 4.69) is 8.75 Å². The lowest BCUT2D eigenvalue weighted by molar-refractivity contribution is -0.255. The lowest BCUT2D eigenvalue weighted by Gasteiger charge is -2.50. The largest absolute Gasteiger partial charge is 0.472 e. The number of piperidine rings is 1. The minimum absolute atomic E-state index is 0.0444. The van der Waals surface area contributed by atoms with Gasteiger partial charge < -0.3 is 9.94 Å². The van der Waals surface area contributed by atoms with Gasteiger partial charge in [0.05, 0.1) is 11.7 Å². The standard InChI is InChI=1S/C13H19N3O4S/c1-12(2)5-8(6-13(3,4)16(12)19)20-11-10(9(18)7-17)14-21-15-11/h7-8,19H,5-6H2,1-4H3. The molecule has 2 heterocycles. The first kappa shape index (κ1) is 16.0. The second-order valence-corrected chi connectivity index (χ2v) is 7.01. The fourth-order valence-electron chi connectivity index (χ4n) is 2.88. The maximum atomic E-state index is 11.5. The van der Waals surface area contributed by atoms with Crippen LogP contribution in [0.5, 0.6) is 5.88 Å². The normalized spacial score (nSPS) is 22.0. The number of hydroxylamine groups is 2. The Morgan fingerprint density at radius 1 is 1.33 bits per heavy atom. The van der Waals surface area contributed by atoms with Gasteiger partial charge in [0.2, 0.25) is 5.78 Å². The molecule has 2 rings (SSSR count). The van der Waals surface area contributed by atoms with Crippen molar-refractivity contribution in [1.29, 1.82) is 0 Å². The lowest BCUT2D eigenvalue weighted by Crippen LogP contribution is -2.61. The van der Waals surface area contributed by atoms with E-state index in [0.29, 0.717) is 12.8 Å². The van der Waals surface area contributed by atoms with Gasteiger partial charge in [0.1, 0.15) is 6.10 Å². The first-order chi connectivity index (χ1) is 9.67. The average Bonchev–Trinajstić information content (AvgIpc) is 2.82. The number of Topliss-reactive ketones (excluding diaryl/α,β-unsaturated/α-hetero) is 1. The zero-order chi connectivity index (χ0) is 15.8. The van der Waals surface area contributed by atoms with Crippen LogP contribution in [0.1, 0.15) is 51.0 Å². The molecule has 0 atom stereocenters. The molecule has 0 aliphatic carbocycles. The third kappa shape index (κ3) is 3.12. The second kappa shape index (κ2) is 5.43. The highest BCUT2D eigenvalue weighted by Crippen LogP contribution is 2.38. The topological polar surface area (TPSA) is 92.6 Å². The maximum Gasteiger partial charge on any atom is 0.257 e. The number of carbonyl (C=O) groups is 2. The summed E-state index contributed by atoms with van der Waals surface area (Å²) < 4.78 is 13.5. The summed E-state index contributed by atoms with van der Waals surface area (Å²) >= 11 is 0.834. The van der Waals surface area contributed by atoms with Gasteiger partial charge in [-0.2, -0.15) is 9.44 Å². The Hall–Kier alpha value is -1.38. The van der Waals surface area contributed by atoms with E-state index in [1.807, 2.05) is 27.7 Å². The predicted octanol–water partition coefficient (Wildman–Crippen LogP) is 1.71. The monoisotopic (exact) mass is 313 g/mol. The van der Waals surface area contributed by atoms with E-state index in [0.717, 1.165) is 11.7 Å². The summed E-state index contributed by atoms with van der Waals surface area (Å²) in [6, 6.07) is 0. The van der Waals surface area contributed by atoms with Crippen molar-refractivity contribution in [2.24, 2.45) is 0 Å². The lowest BCUT2D eigenvalue weighted by atomic mass is 9.80. The molecule has 8 heteroatoms. The minimum Gasteiger partial charge on any atom is -0.472 e. The molecule has 0 saturated carbocycles. The number of nitrogens with zero attached hydrogens (tertiary/aromatic N) is 3. The number of hydrogen-bond acceptors (Lipinski definition) is 8. The summed E-state index contributed by atoms with van der Waals surface area (Å²) in [5.41, 5.74) is -0.980. The van der Waals surface area contributed by atoms with E-state index in [1.54, 1.807) is 0 Å². The molecule has 7 nitrogen and oxygen atoms in total. The molecule has 0 unspecified atom stereocenters. The van der Waals surface area contributed by atoms with Gasteiger partial charge in [0, 0.05) is 23.9 Å². The smallest absolute Gasteiger partial charge is 0.257 e. The van der Waals surface area contributed by atoms with Crippen LogP contribution in [-0.4, -0.2) is 48.3 Å². The van der Waals surface area contributed by atoms with Gasteiger partial charge in [-0.25, -0.2) is 0 Å². The second-order valence-electron chi connectivity index (χ2n) is 6.48. The Morgan fingerprint density at radius 3 is 2.43 bits per heavy atom. The van der Waals surface area contributed by atoms with Gasteiger partial charge >= 0.3 is 0 Å². The van der Waals surface area contributed by atoms with Crippen LogP contribution in [0.3, 0.4) is 0 Å². The van der Waals surface area contributed by atoms with E-state index >= 15 is 0 Å². The van der Waals surface area contributed by atoms with Crippen LogP contribution >= 0.6 is 11.7 Å². The summed E-state index contributed by atoms with van der Waals surface area (Å²) in [4.78, 5) is 22.0. The zero-order valence-corrected chi connectivity index (χ0v) is 13.3. The third-order valence-corrected chi connectivity index (χ3v) is 4.19. The summed E-state index contributed by atoms with van der Waals surface area (Å²) in [7, 11) is 0. The number of ether oxygens (including phenoxy) is 1. The number of hydrogen-bond donors (Lipinski definition) is 1. The van der Waals surface area contributed by atoms with E-state index in [9.17, 15) is 14.8 Å². The third-order valence-electron chi connectivity index (χ3n) is 3.68. The molecule has 1 aliphatic heterocycles. The van der Waals surface area contributed by atoms with Crippen LogP contribution in [0.15, 0.2) is 0 Å². The Bertz CT molecular complexity index is 537. The molecular formula is C13H19N3O4S. The summed E-state index contributed by atoms with van der Waals surface area (Å²) in [5, 5.41) is 11.6. The van der Waals surface area contributed by atoms with Crippen molar-refractivity contribution in [3.05, 3.63) is 5.69 Å². The van der Waals surface area contributed by atoms with Gasteiger partial charge in [0.25, 0.3) is 5.88 Å². The van der Waals surface area contributed by atoms with Gasteiger partial charge in [-0.15, -0.1) is 4.37 Å². The molecule has 116 valence electrons. The molecule has 0 radical (unpaired) electrons. The number of aldehydes is 1. The zero-order valence-electron chi connectivity index (χ0n) is 12.5. The molecule has 1 aromatic rings. The molecule has 1 fully saturated rings. The van der Waals surface area contributed by atoms with Crippen LogP contribution < -0.4 is 4.74 Å². The van der Waals surface area contributed by atoms with Crippen LogP contribution in [0.4, 0.5) is 0 Å².